The highest BCUT2D eigenvalue weighted by molar-refractivity contribution is 7.16. The monoisotopic (exact) mass is 434 g/mol. The first-order chi connectivity index (χ1) is 14.0. The van der Waals surface area contributed by atoms with Gasteiger partial charge in [0.05, 0.1) is 36.1 Å². The number of halogens is 1. The third-order valence-electron chi connectivity index (χ3n) is 4.08. The first-order valence-corrected chi connectivity index (χ1v) is 9.93. The molecule has 3 aromatic rings. The normalized spacial score (nSPS) is 11.5. The highest BCUT2D eigenvalue weighted by Gasteiger charge is 2.19. The van der Waals surface area contributed by atoms with E-state index in [4.69, 9.17) is 25.8 Å². The van der Waals surface area contributed by atoms with Crippen LogP contribution in [-0.2, 0) is 16.1 Å². The summed E-state index contributed by atoms with van der Waals surface area (Å²) in [5, 5.41) is 0.451. The Kier molecular flexibility index (Phi) is 6.56. The van der Waals surface area contributed by atoms with Gasteiger partial charge in [0.15, 0.2) is 4.80 Å². The number of carbonyl (C=O) groups excluding carboxylic acids is 2. The topological polar surface area (TPSA) is 79.1 Å². The predicted molar refractivity (Wildman–Crippen MR) is 111 cm³/mol. The maximum absolute atomic E-state index is 13.0. The molecule has 0 N–H and O–H groups in total. The first kappa shape index (κ1) is 20.9. The first-order valence-electron chi connectivity index (χ1n) is 8.73. The summed E-state index contributed by atoms with van der Waals surface area (Å²) in [7, 11) is 2.93. The van der Waals surface area contributed by atoms with Gasteiger partial charge in [-0.05, 0) is 31.2 Å². The van der Waals surface area contributed by atoms with Crippen LogP contribution < -0.4 is 14.3 Å². The average molecular weight is 435 g/mol. The molecule has 1 aromatic heterocycles. The number of amides is 1. The van der Waals surface area contributed by atoms with Gasteiger partial charge in [0.2, 0.25) is 0 Å². The smallest absolute Gasteiger partial charge is 0.326 e. The van der Waals surface area contributed by atoms with Gasteiger partial charge in [0, 0.05) is 0 Å². The summed E-state index contributed by atoms with van der Waals surface area (Å²) in [4.78, 5) is 29.7. The van der Waals surface area contributed by atoms with Crippen LogP contribution in [0.1, 0.15) is 17.3 Å². The third-order valence-corrected chi connectivity index (χ3v) is 5.43. The Morgan fingerprint density at radius 3 is 2.38 bits per heavy atom. The van der Waals surface area contributed by atoms with Crippen LogP contribution in [0.25, 0.3) is 10.2 Å². The summed E-state index contributed by atoms with van der Waals surface area (Å²) in [6.45, 7) is 1.86. The van der Waals surface area contributed by atoms with Crippen molar-refractivity contribution in [1.82, 2.24) is 4.57 Å². The molecule has 0 bridgehead atoms. The number of thiazole rings is 1. The van der Waals surface area contributed by atoms with E-state index in [-0.39, 0.29) is 18.7 Å². The van der Waals surface area contributed by atoms with Crippen LogP contribution in [0.4, 0.5) is 0 Å². The van der Waals surface area contributed by atoms with E-state index < -0.39 is 11.9 Å². The third kappa shape index (κ3) is 4.28. The fourth-order valence-electron chi connectivity index (χ4n) is 2.86. The molecule has 0 saturated carbocycles. The van der Waals surface area contributed by atoms with Gasteiger partial charge >= 0.3 is 5.97 Å². The Labute approximate surface area is 176 Å². The highest BCUT2D eigenvalue weighted by Crippen LogP contribution is 2.29. The predicted octanol–water partition coefficient (Wildman–Crippen LogP) is 3.68. The second-order valence-electron chi connectivity index (χ2n) is 5.82. The molecule has 9 heteroatoms. The largest absolute Gasteiger partial charge is 0.496 e. The maximum atomic E-state index is 13.0. The lowest BCUT2D eigenvalue weighted by atomic mass is 10.1. The van der Waals surface area contributed by atoms with Gasteiger partial charge in [-0.25, -0.2) is 0 Å². The number of para-hydroxylation sites is 1. The molecule has 2 aromatic carbocycles. The van der Waals surface area contributed by atoms with Crippen LogP contribution >= 0.6 is 22.9 Å². The zero-order valence-electron chi connectivity index (χ0n) is 16.1. The van der Waals surface area contributed by atoms with E-state index in [0.29, 0.717) is 26.8 Å². The van der Waals surface area contributed by atoms with Gasteiger partial charge in [0.1, 0.15) is 23.6 Å². The summed E-state index contributed by atoms with van der Waals surface area (Å²) >= 11 is 7.60. The number of benzene rings is 2. The van der Waals surface area contributed by atoms with Crippen LogP contribution in [0.5, 0.6) is 11.5 Å². The number of hydrogen-bond acceptors (Lipinski definition) is 6. The molecule has 0 aliphatic carbocycles. The van der Waals surface area contributed by atoms with Crippen molar-refractivity contribution in [2.24, 2.45) is 4.99 Å². The zero-order chi connectivity index (χ0) is 21.0. The minimum absolute atomic E-state index is 0.118. The van der Waals surface area contributed by atoms with Gasteiger partial charge < -0.3 is 18.8 Å². The van der Waals surface area contributed by atoms with Crippen LogP contribution in [0.3, 0.4) is 0 Å². The second kappa shape index (κ2) is 9.11. The molecule has 1 amide bonds. The van der Waals surface area contributed by atoms with E-state index in [2.05, 4.69) is 4.99 Å². The molecular weight excluding hydrogens is 416 g/mol. The van der Waals surface area contributed by atoms with E-state index in [1.165, 1.54) is 25.6 Å². The molecule has 3 rings (SSSR count). The molecule has 0 spiro atoms. The van der Waals surface area contributed by atoms with Crippen LogP contribution in [-0.4, -0.2) is 37.3 Å². The number of carbonyl (C=O) groups is 2. The average Bonchev–Trinajstić information content (AvgIpc) is 3.05. The number of methoxy groups -OCH3 is 2. The Balaban J connectivity index is 2.19. The number of ether oxygens (including phenoxy) is 3. The maximum Gasteiger partial charge on any atom is 0.326 e. The van der Waals surface area contributed by atoms with E-state index in [1.807, 2.05) is 6.07 Å². The fraction of sp³-hybridized carbons (Fsp3) is 0.250. The lowest BCUT2D eigenvalue weighted by molar-refractivity contribution is -0.143. The molecule has 1 heterocycles. The molecule has 0 atom stereocenters. The molecule has 0 saturated heterocycles. The van der Waals surface area contributed by atoms with Gasteiger partial charge in [-0.15, -0.1) is 0 Å². The molecule has 0 aliphatic rings. The van der Waals surface area contributed by atoms with E-state index in [9.17, 15) is 9.59 Å². The molecular formula is C20H19ClN2O5S. The Hall–Kier alpha value is -2.84. The molecule has 0 unspecified atom stereocenters. The summed E-state index contributed by atoms with van der Waals surface area (Å²) in [6.07, 6.45) is 0. The van der Waals surface area contributed by atoms with Crippen molar-refractivity contribution in [2.45, 2.75) is 13.5 Å². The molecule has 29 heavy (non-hydrogen) atoms. The summed E-state index contributed by atoms with van der Waals surface area (Å²) in [5.74, 6) is -0.321. The summed E-state index contributed by atoms with van der Waals surface area (Å²) in [5.41, 5.74) is 0.814. The Morgan fingerprint density at radius 2 is 1.76 bits per heavy atom. The lowest BCUT2D eigenvalue weighted by Crippen LogP contribution is -2.23. The standard InChI is InChI=1S/C20H19ClN2O5S/c1-4-28-16(24)11-23-18-12(21)7-5-10-15(18)29-20(23)22-19(25)17-13(26-2)8-6-9-14(17)27-3/h5-10H,4,11H2,1-3H3. The number of rotatable bonds is 6. The molecule has 0 fully saturated rings. The van der Waals surface area contributed by atoms with Gasteiger partial charge in [-0.1, -0.05) is 35.1 Å². The Morgan fingerprint density at radius 1 is 1.10 bits per heavy atom. The minimum Gasteiger partial charge on any atom is -0.496 e. The fourth-order valence-corrected chi connectivity index (χ4v) is 4.25. The lowest BCUT2D eigenvalue weighted by Gasteiger charge is -2.10. The van der Waals surface area contributed by atoms with Crippen LogP contribution in [0.15, 0.2) is 41.4 Å². The second-order valence-corrected chi connectivity index (χ2v) is 7.23. The van der Waals surface area contributed by atoms with Crippen molar-refractivity contribution in [1.29, 1.82) is 0 Å². The molecule has 7 nitrogen and oxygen atoms in total. The summed E-state index contributed by atoms with van der Waals surface area (Å²) < 4.78 is 18.0. The van der Waals surface area contributed by atoms with E-state index in [0.717, 1.165) is 4.70 Å². The molecule has 0 radical (unpaired) electrons. The van der Waals surface area contributed by atoms with E-state index in [1.54, 1.807) is 41.8 Å². The van der Waals surface area contributed by atoms with Gasteiger partial charge in [-0.3, -0.25) is 9.59 Å². The molecule has 0 aliphatic heterocycles. The summed E-state index contributed by atoms with van der Waals surface area (Å²) in [6, 6.07) is 10.4. The SMILES string of the molecule is CCOC(=O)Cn1c(=NC(=O)c2c(OC)cccc2OC)sc2cccc(Cl)c21. The number of nitrogens with zero attached hydrogens (tertiary/aromatic N) is 2. The number of aromatic nitrogens is 1. The van der Waals surface area contributed by atoms with Crippen LogP contribution in [0.2, 0.25) is 5.02 Å². The van der Waals surface area contributed by atoms with Crippen molar-refractivity contribution in [2.75, 3.05) is 20.8 Å². The number of esters is 1. The van der Waals surface area contributed by atoms with Gasteiger partial charge in [0.25, 0.3) is 5.91 Å². The number of hydrogen-bond donors (Lipinski definition) is 0. The number of fused-ring (bicyclic) bond motifs is 1. The molecule has 152 valence electrons. The van der Waals surface area contributed by atoms with Gasteiger partial charge in [-0.2, -0.15) is 4.99 Å². The van der Waals surface area contributed by atoms with Crippen LogP contribution in [0, 0.1) is 0 Å². The van der Waals surface area contributed by atoms with Crippen molar-refractivity contribution >= 4 is 45.0 Å². The van der Waals surface area contributed by atoms with E-state index >= 15 is 0 Å². The highest BCUT2D eigenvalue weighted by atomic mass is 35.5. The minimum atomic E-state index is -0.556. The van der Waals surface area contributed by atoms with Crippen molar-refractivity contribution < 1.29 is 23.8 Å². The van der Waals surface area contributed by atoms with Crippen molar-refractivity contribution in [3.05, 3.63) is 51.8 Å². The van der Waals surface area contributed by atoms with Crippen molar-refractivity contribution in [3.63, 3.8) is 0 Å². The van der Waals surface area contributed by atoms with Crippen molar-refractivity contribution in [3.8, 4) is 11.5 Å². The quantitative estimate of drug-likeness (QED) is 0.553. The zero-order valence-corrected chi connectivity index (χ0v) is 17.7. The Bertz CT molecular complexity index is 1110.